The molecule has 2 nitrogen and oxygen atoms in total. The van der Waals surface area contributed by atoms with Gasteiger partial charge in [-0.15, -0.1) is 0 Å². The number of aromatic nitrogens is 1. The lowest BCUT2D eigenvalue weighted by Gasteiger charge is -2.09. The van der Waals surface area contributed by atoms with Gasteiger partial charge in [0, 0.05) is 6.54 Å². The third-order valence-electron chi connectivity index (χ3n) is 3.62. The number of nitrogens with one attached hydrogen (secondary N) is 1. The quantitative estimate of drug-likeness (QED) is 0.880. The summed E-state index contributed by atoms with van der Waals surface area (Å²) in [7, 11) is 0. The fourth-order valence-corrected chi connectivity index (χ4v) is 3.19. The van der Waals surface area contributed by atoms with Gasteiger partial charge in [0.05, 0.1) is 10.2 Å². The number of thiazole rings is 1. The summed E-state index contributed by atoms with van der Waals surface area (Å²) in [5, 5.41) is 4.56. The molecule has 1 aliphatic rings. The normalized spacial score (nSPS) is 17.3. The average Bonchev–Trinajstić information content (AvgIpc) is 3.07. The van der Waals surface area contributed by atoms with Crippen LogP contribution in [-0.2, 0) is 0 Å². The lowest BCUT2D eigenvalue weighted by atomic mass is 10.1. The van der Waals surface area contributed by atoms with Gasteiger partial charge in [0.1, 0.15) is 0 Å². The van der Waals surface area contributed by atoms with Gasteiger partial charge in [-0.1, -0.05) is 30.4 Å². The predicted molar refractivity (Wildman–Crippen MR) is 74.7 cm³/mol. The number of fused-ring (bicyclic) bond motifs is 1. The molecule has 0 radical (unpaired) electrons. The first-order valence-corrected chi connectivity index (χ1v) is 7.15. The van der Waals surface area contributed by atoms with E-state index in [1.54, 1.807) is 11.3 Å². The summed E-state index contributed by atoms with van der Waals surface area (Å²) in [6, 6.07) is 6.38. The molecule has 17 heavy (non-hydrogen) atoms. The Labute approximate surface area is 106 Å². The maximum absolute atomic E-state index is 4.67. The van der Waals surface area contributed by atoms with E-state index in [-0.39, 0.29) is 0 Å². The molecule has 3 rings (SSSR count). The van der Waals surface area contributed by atoms with E-state index in [1.807, 2.05) is 0 Å². The number of nitrogens with zero attached hydrogens (tertiary/aromatic N) is 1. The zero-order chi connectivity index (χ0) is 11.8. The van der Waals surface area contributed by atoms with Crippen LogP contribution in [0.5, 0.6) is 0 Å². The summed E-state index contributed by atoms with van der Waals surface area (Å²) in [5.74, 6) is 1.74. The molecular weight excluding hydrogens is 228 g/mol. The van der Waals surface area contributed by atoms with Crippen molar-refractivity contribution in [3.05, 3.63) is 23.8 Å². The van der Waals surface area contributed by atoms with E-state index in [9.17, 15) is 0 Å². The van der Waals surface area contributed by atoms with Gasteiger partial charge in [-0.3, -0.25) is 0 Å². The van der Waals surface area contributed by atoms with Crippen molar-refractivity contribution in [1.29, 1.82) is 0 Å². The molecule has 3 heteroatoms. The Morgan fingerprint density at radius 3 is 3.00 bits per heavy atom. The van der Waals surface area contributed by atoms with Crippen molar-refractivity contribution in [3.63, 3.8) is 0 Å². The van der Waals surface area contributed by atoms with Gasteiger partial charge in [-0.2, -0.15) is 0 Å². The van der Waals surface area contributed by atoms with Crippen molar-refractivity contribution >= 4 is 26.7 Å². The van der Waals surface area contributed by atoms with Gasteiger partial charge in [0.15, 0.2) is 5.13 Å². The third kappa shape index (κ3) is 2.29. The molecule has 1 unspecified atom stereocenters. The summed E-state index contributed by atoms with van der Waals surface area (Å²) < 4.78 is 1.28. The molecule has 1 N–H and O–H groups in total. The van der Waals surface area contributed by atoms with E-state index in [0.717, 1.165) is 29.0 Å². The molecule has 0 bridgehead atoms. The van der Waals surface area contributed by atoms with Crippen molar-refractivity contribution in [3.8, 4) is 0 Å². The molecule has 0 saturated heterocycles. The molecule has 1 fully saturated rings. The molecule has 1 saturated carbocycles. The SMILES string of the molecule is Cc1cccc2sc(NCC(C)C3CC3)nc12. The molecule has 1 atom stereocenters. The lowest BCUT2D eigenvalue weighted by Crippen LogP contribution is -2.12. The van der Waals surface area contributed by atoms with Crippen LogP contribution in [0.4, 0.5) is 5.13 Å². The van der Waals surface area contributed by atoms with Crippen molar-refractivity contribution in [2.45, 2.75) is 26.7 Å². The first-order valence-electron chi connectivity index (χ1n) is 6.34. The second-order valence-corrected chi connectivity index (χ2v) is 6.17. The van der Waals surface area contributed by atoms with Gasteiger partial charge in [0.2, 0.25) is 0 Å². The molecule has 0 amide bonds. The number of hydrogen-bond acceptors (Lipinski definition) is 3. The van der Waals surface area contributed by atoms with E-state index in [4.69, 9.17) is 0 Å². The van der Waals surface area contributed by atoms with Crippen molar-refractivity contribution in [1.82, 2.24) is 4.98 Å². The Morgan fingerprint density at radius 2 is 2.29 bits per heavy atom. The van der Waals surface area contributed by atoms with Gasteiger partial charge in [-0.05, 0) is 43.2 Å². The molecule has 2 aromatic rings. The second-order valence-electron chi connectivity index (χ2n) is 5.14. The van der Waals surface area contributed by atoms with Crippen LogP contribution in [0.1, 0.15) is 25.3 Å². The highest BCUT2D eigenvalue weighted by molar-refractivity contribution is 7.22. The van der Waals surface area contributed by atoms with Crippen molar-refractivity contribution in [2.24, 2.45) is 11.8 Å². The molecule has 1 heterocycles. The molecular formula is C14H18N2S. The molecule has 0 spiro atoms. The summed E-state index contributed by atoms with van der Waals surface area (Å²) in [5.41, 5.74) is 2.42. The number of rotatable bonds is 4. The van der Waals surface area contributed by atoms with Gasteiger partial charge < -0.3 is 5.32 Å². The monoisotopic (exact) mass is 246 g/mol. The van der Waals surface area contributed by atoms with Crippen LogP contribution in [0.3, 0.4) is 0 Å². The van der Waals surface area contributed by atoms with Gasteiger partial charge in [-0.25, -0.2) is 4.98 Å². The maximum atomic E-state index is 4.67. The minimum Gasteiger partial charge on any atom is -0.361 e. The maximum Gasteiger partial charge on any atom is 0.183 e. The highest BCUT2D eigenvalue weighted by Gasteiger charge is 2.27. The first kappa shape index (κ1) is 11.0. The second kappa shape index (κ2) is 4.30. The standard InChI is InChI=1S/C14H18N2S/c1-9-4-3-5-12-13(9)16-14(17-12)15-8-10(2)11-6-7-11/h3-5,10-11H,6-8H2,1-2H3,(H,15,16). The smallest absolute Gasteiger partial charge is 0.183 e. The number of aryl methyl sites for hydroxylation is 1. The van der Waals surface area contributed by atoms with E-state index in [2.05, 4.69) is 42.3 Å². The summed E-state index contributed by atoms with van der Waals surface area (Å²) in [6.07, 6.45) is 2.84. The minimum absolute atomic E-state index is 0.781. The van der Waals surface area contributed by atoms with Crippen LogP contribution < -0.4 is 5.32 Å². The minimum atomic E-state index is 0.781. The fourth-order valence-electron chi connectivity index (χ4n) is 2.24. The highest BCUT2D eigenvalue weighted by Crippen LogP contribution is 2.37. The van der Waals surface area contributed by atoms with E-state index in [1.165, 1.54) is 23.1 Å². The van der Waals surface area contributed by atoms with Crippen LogP contribution in [0.2, 0.25) is 0 Å². The Morgan fingerprint density at radius 1 is 1.47 bits per heavy atom. The predicted octanol–water partition coefficient (Wildman–Crippen LogP) is 4.06. The first-order chi connectivity index (χ1) is 8.24. The molecule has 1 aromatic carbocycles. The van der Waals surface area contributed by atoms with Crippen LogP contribution in [0.15, 0.2) is 18.2 Å². The lowest BCUT2D eigenvalue weighted by molar-refractivity contribution is 0.536. The Hall–Kier alpha value is -1.09. The largest absolute Gasteiger partial charge is 0.361 e. The summed E-state index contributed by atoms with van der Waals surface area (Å²) in [6.45, 7) is 5.52. The Kier molecular flexibility index (Phi) is 2.79. The van der Waals surface area contributed by atoms with Crippen LogP contribution in [0, 0.1) is 18.8 Å². The molecule has 1 aliphatic carbocycles. The molecule has 1 aromatic heterocycles. The van der Waals surface area contributed by atoms with E-state index < -0.39 is 0 Å². The fraction of sp³-hybridized carbons (Fsp3) is 0.500. The van der Waals surface area contributed by atoms with Gasteiger partial charge >= 0.3 is 0 Å². The highest BCUT2D eigenvalue weighted by atomic mass is 32.1. The number of hydrogen-bond donors (Lipinski definition) is 1. The van der Waals surface area contributed by atoms with Crippen LogP contribution in [0.25, 0.3) is 10.2 Å². The molecule has 0 aliphatic heterocycles. The van der Waals surface area contributed by atoms with E-state index in [0.29, 0.717) is 0 Å². The number of benzene rings is 1. The summed E-state index contributed by atoms with van der Waals surface area (Å²) in [4.78, 5) is 4.67. The zero-order valence-corrected chi connectivity index (χ0v) is 11.2. The number of para-hydroxylation sites is 1. The topological polar surface area (TPSA) is 24.9 Å². The number of anilines is 1. The third-order valence-corrected chi connectivity index (χ3v) is 4.60. The Bertz CT molecular complexity index is 528. The zero-order valence-electron chi connectivity index (χ0n) is 10.4. The Balaban J connectivity index is 1.74. The molecule has 90 valence electrons. The van der Waals surface area contributed by atoms with E-state index >= 15 is 0 Å². The van der Waals surface area contributed by atoms with Gasteiger partial charge in [0.25, 0.3) is 0 Å². The van der Waals surface area contributed by atoms with Crippen molar-refractivity contribution in [2.75, 3.05) is 11.9 Å². The summed E-state index contributed by atoms with van der Waals surface area (Å²) >= 11 is 1.76. The van der Waals surface area contributed by atoms with Crippen molar-refractivity contribution < 1.29 is 0 Å². The van der Waals surface area contributed by atoms with Crippen LogP contribution in [-0.4, -0.2) is 11.5 Å². The average molecular weight is 246 g/mol. The van der Waals surface area contributed by atoms with Crippen LogP contribution >= 0.6 is 11.3 Å².